The minimum Gasteiger partial charge on any atom is -0.382 e. The van der Waals surface area contributed by atoms with Crippen LogP contribution in [-0.4, -0.2) is 36.7 Å². The van der Waals surface area contributed by atoms with Crippen LogP contribution in [0.5, 0.6) is 0 Å². The number of anilines is 2. The van der Waals surface area contributed by atoms with Crippen LogP contribution in [0.25, 0.3) is 0 Å². The number of nitrogens with zero attached hydrogens (tertiary/aromatic N) is 1. The Hall–Kier alpha value is -1.34. The highest BCUT2D eigenvalue weighted by Crippen LogP contribution is 2.25. The molecule has 1 aromatic heterocycles. The Bertz CT molecular complexity index is 455. The third kappa shape index (κ3) is 4.08. The van der Waals surface area contributed by atoms with Crippen molar-refractivity contribution >= 4 is 28.2 Å². The van der Waals surface area contributed by atoms with Gasteiger partial charge in [-0.25, -0.2) is 4.98 Å². The second-order valence-corrected chi connectivity index (χ2v) is 6.32. The number of nitrogens with two attached hydrogens (primary N) is 1. The summed E-state index contributed by atoms with van der Waals surface area (Å²) in [5, 5.41) is 6.76. The number of thiazole rings is 1. The SMILES string of the molecule is CC(C)Nc1nc(N)c(C(=O)NCC2CCCOC2)s1. The van der Waals surface area contributed by atoms with Crippen LogP contribution in [0.15, 0.2) is 0 Å². The molecule has 112 valence electrons. The molecule has 0 radical (unpaired) electrons. The molecule has 2 rings (SSSR count). The van der Waals surface area contributed by atoms with E-state index in [1.165, 1.54) is 11.3 Å². The standard InChI is InChI=1S/C13H22N4O2S/c1-8(2)16-13-17-11(14)10(20-13)12(18)15-6-9-4-3-5-19-7-9/h8-9H,3-7,14H2,1-2H3,(H,15,18)(H,16,17). The Morgan fingerprint density at radius 1 is 1.60 bits per heavy atom. The Balaban J connectivity index is 1.89. The number of hydrogen-bond donors (Lipinski definition) is 3. The number of aromatic nitrogens is 1. The van der Waals surface area contributed by atoms with Gasteiger partial charge in [-0.05, 0) is 32.6 Å². The molecule has 1 fully saturated rings. The molecule has 6 nitrogen and oxygen atoms in total. The van der Waals surface area contributed by atoms with Crippen molar-refractivity contribution in [1.82, 2.24) is 10.3 Å². The molecular formula is C13H22N4O2S. The smallest absolute Gasteiger partial charge is 0.265 e. The number of nitrogens with one attached hydrogen (secondary N) is 2. The molecule has 0 bridgehead atoms. The highest BCUT2D eigenvalue weighted by atomic mass is 32.1. The first-order valence-corrected chi connectivity index (χ1v) is 7.76. The van der Waals surface area contributed by atoms with Gasteiger partial charge >= 0.3 is 0 Å². The minimum absolute atomic E-state index is 0.151. The summed E-state index contributed by atoms with van der Waals surface area (Å²) in [6, 6.07) is 0.260. The second kappa shape index (κ2) is 6.90. The molecular weight excluding hydrogens is 276 g/mol. The van der Waals surface area contributed by atoms with Crippen molar-refractivity contribution in [2.24, 2.45) is 5.92 Å². The van der Waals surface area contributed by atoms with E-state index >= 15 is 0 Å². The Morgan fingerprint density at radius 2 is 2.40 bits per heavy atom. The first kappa shape index (κ1) is 15.1. The predicted octanol–water partition coefficient (Wildman–Crippen LogP) is 1.70. The summed E-state index contributed by atoms with van der Waals surface area (Å²) in [6.45, 7) is 6.21. The van der Waals surface area contributed by atoms with Crippen molar-refractivity contribution in [3.8, 4) is 0 Å². The van der Waals surface area contributed by atoms with E-state index in [2.05, 4.69) is 15.6 Å². The number of ether oxygens (including phenoxy) is 1. The van der Waals surface area contributed by atoms with Crippen molar-refractivity contribution in [3.05, 3.63) is 4.88 Å². The zero-order valence-corrected chi connectivity index (χ0v) is 12.8. The van der Waals surface area contributed by atoms with Gasteiger partial charge in [0.2, 0.25) is 0 Å². The molecule has 7 heteroatoms. The fraction of sp³-hybridized carbons (Fsp3) is 0.692. The summed E-state index contributed by atoms with van der Waals surface area (Å²) in [4.78, 5) is 16.8. The Morgan fingerprint density at radius 3 is 3.05 bits per heavy atom. The number of nitrogen functional groups attached to an aromatic ring is 1. The van der Waals surface area contributed by atoms with E-state index in [0.717, 1.165) is 26.1 Å². The quantitative estimate of drug-likeness (QED) is 0.770. The van der Waals surface area contributed by atoms with Crippen LogP contribution in [0.2, 0.25) is 0 Å². The normalized spacial score (nSPS) is 19.1. The summed E-state index contributed by atoms with van der Waals surface area (Å²) < 4.78 is 5.40. The summed E-state index contributed by atoms with van der Waals surface area (Å²) >= 11 is 1.29. The van der Waals surface area contributed by atoms with Gasteiger partial charge in [-0.1, -0.05) is 11.3 Å². The van der Waals surface area contributed by atoms with Gasteiger partial charge in [-0.2, -0.15) is 0 Å². The Labute approximate surface area is 123 Å². The predicted molar refractivity (Wildman–Crippen MR) is 81.2 cm³/mol. The van der Waals surface area contributed by atoms with Crippen molar-refractivity contribution in [2.75, 3.05) is 30.8 Å². The van der Waals surface area contributed by atoms with E-state index in [9.17, 15) is 4.79 Å². The zero-order valence-electron chi connectivity index (χ0n) is 11.9. The molecule has 2 heterocycles. The monoisotopic (exact) mass is 298 g/mol. The summed E-state index contributed by atoms with van der Waals surface area (Å²) in [7, 11) is 0. The Kier molecular flexibility index (Phi) is 5.19. The molecule has 1 aliphatic rings. The van der Waals surface area contributed by atoms with Crippen LogP contribution in [0.3, 0.4) is 0 Å². The molecule has 1 atom stereocenters. The van der Waals surface area contributed by atoms with E-state index in [1.54, 1.807) is 0 Å². The summed E-state index contributed by atoms with van der Waals surface area (Å²) in [5.74, 6) is 0.535. The number of carbonyl (C=O) groups excluding carboxylic acids is 1. The summed E-state index contributed by atoms with van der Waals surface area (Å²) in [5.41, 5.74) is 5.80. The van der Waals surface area contributed by atoms with E-state index in [-0.39, 0.29) is 17.8 Å². The fourth-order valence-corrected chi connectivity index (χ4v) is 3.04. The lowest BCUT2D eigenvalue weighted by atomic mass is 10.0. The average Bonchev–Trinajstić information content (AvgIpc) is 2.77. The van der Waals surface area contributed by atoms with Crippen LogP contribution in [0.4, 0.5) is 10.9 Å². The van der Waals surface area contributed by atoms with Gasteiger partial charge in [-0.15, -0.1) is 0 Å². The topological polar surface area (TPSA) is 89.3 Å². The maximum Gasteiger partial charge on any atom is 0.265 e. The molecule has 20 heavy (non-hydrogen) atoms. The first-order chi connectivity index (χ1) is 9.56. The summed E-state index contributed by atoms with van der Waals surface area (Å²) in [6.07, 6.45) is 2.16. The number of amides is 1. The molecule has 1 saturated heterocycles. The van der Waals surface area contributed by atoms with Gasteiger partial charge in [0.1, 0.15) is 10.7 Å². The highest BCUT2D eigenvalue weighted by Gasteiger charge is 2.19. The molecule has 4 N–H and O–H groups in total. The maximum absolute atomic E-state index is 12.1. The van der Waals surface area contributed by atoms with Gasteiger partial charge in [0.15, 0.2) is 5.13 Å². The van der Waals surface area contributed by atoms with E-state index in [1.807, 2.05) is 13.8 Å². The van der Waals surface area contributed by atoms with Crippen LogP contribution in [0.1, 0.15) is 36.4 Å². The molecule has 1 aliphatic heterocycles. The van der Waals surface area contributed by atoms with Crippen LogP contribution < -0.4 is 16.4 Å². The highest BCUT2D eigenvalue weighted by molar-refractivity contribution is 7.18. The molecule has 1 unspecified atom stereocenters. The largest absolute Gasteiger partial charge is 0.382 e. The molecule has 0 aromatic carbocycles. The second-order valence-electron chi connectivity index (χ2n) is 5.33. The number of carbonyl (C=O) groups is 1. The zero-order chi connectivity index (χ0) is 14.5. The van der Waals surface area contributed by atoms with Gasteiger partial charge in [0, 0.05) is 19.2 Å². The van der Waals surface area contributed by atoms with Gasteiger partial charge in [0.25, 0.3) is 5.91 Å². The molecule has 0 aliphatic carbocycles. The first-order valence-electron chi connectivity index (χ1n) is 6.95. The van der Waals surface area contributed by atoms with Crippen molar-refractivity contribution < 1.29 is 9.53 Å². The molecule has 0 saturated carbocycles. The lowest BCUT2D eigenvalue weighted by Gasteiger charge is -2.21. The lowest BCUT2D eigenvalue weighted by molar-refractivity contribution is 0.0537. The third-order valence-electron chi connectivity index (χ3n) is 3.08. The number of rotatable bonds is 5. The van der Waals surface area contributed by atoms with Crippen molar-refractivity contribution in [2.45, 2.75) is 32.7 Å². The van der Waals surface area contributed by atoms with Crippen LogP contribution in [0, 0.1) is 5.92 Å². The fourth-order valence-electron chi connectivity index (χ4n) is 2.09. The number of hydrogen-bond acceptors (Lipinski definition) is 6. The van der Waals surface area contributed by atoms with Gasteiger partial charge in [-0.3, -0.25) is 4.79 Å². The minimum atomic E-state index is -0.151. The average molecular weight is 298 g/mol. The van der Waals surface area contributed by atoms with Crippen molar-refractivity contribution in [1.29, 1.82) is 0 Å². The van der Waals surface area contributed by atoms with Crippen LogP contribution in [-0.2, 0) is 4.74 Å². The van der Waals surface area contributed by atoms with E-state index in [4.69, 9.17) is 10.5 Å². The third-order valence-corrected chi connectivity index (χ3v) is 4.08. The molecule has 1 amide bonds. The van der Waals surface area contributed by atoms with E-state index in [0.29, 0.717) is 22.5 Å². The van der Waals surface area contributed by atoms with Crippen LogP contribution >= 0.6 is 11.3 Å². The van der Waals surface area contributed by atoms with Gasteiger partial charge < -0.3 is 21.1 Å². The van der Waals surface area contributed by atoms with Gasteiger partial charge in [0.05, 0.1) is 6.61 Å². The van der Waals surface area contributed by atoms with Crippen molar-refractivity contribution in [3.63, 3.8) is 0 Å². The van der Waals surface area contributed by atoms with E-state index < -0.39 is 0 Å². The maximum atomic E-state index is 12.1. The lowest BCUT2D eigenvalue weighted by Crippen LogP contribution is -2.33. The molecule has 1 aromatic rings. The molecule has 0 spiro atoms.